The zero-order valence-corrected chi connectivity index (χ0v) is 12.7. The fourth-order valence-corrected chi connectivity index (χ4v) is 2.58. The van der Waals surface area contributed by atoms with Gasteiger partial charge in [-0.2, -0.15) is 0 Å². The maximum Gasteiger partial charge on any atom is 0.245 e. The van der Waals surface area contributed by atoms with Gasteiger partial charge in [0.1, 0.15) is 12.1 Å². The molecule has 1 rings (SSSR count). The maximum absolute atomic E-state index is 12.4. The molecule has 1 fully saturated rings. The highest BCUT2D eigenvalue weighted by Crippen LogP contribution is 2.19. The molecule has 0 aliphatic carbocycles. The molecule has 1 heterocycles. The molecule has 1 aliphatic rings. The lowest BCUT2D eigenvalue weighted by molar-refractivity contribution is -0.150. The molecule has 0 aromatic carbocycles. The highest BCUT2D eigenvalue weighted by Gasteiger charge is 2.39. The van der Waals surface area contributed by atoms with Crippen LogP contribution >= 0.6 is 0 Å². The molecule has 4 nitrogen and oxygen atoms in total. The third-order valence-corrected chi connectivity index (χ3v) is 3.68. The van der Waals surface area contributed by atoms with Gasteiger partial charge in [-0.05, 0) is 25.2 Å². The topological polar surface area (TPSA) is 49.4 Å². The fraction of sp³-hybridized carbons (Fsp3) is 0.867. The Labute approximate surface area is 116 Å². The number of nitrogens with zero attached hydrogens (tertiary/aromatic N) is 1. The van der Waals surface area contributed by atoms with Crippen molar-refractivity contribution in [3.63, 3.8) is 0 Å². The van der Waals surface area contributed by atoms with Crippen molar-refractivity contribution in [3.05, 3.63) is 0 Å². The number of piperazine rings is 1. The van der Waals surface area contributed by atoms with E-state index in [0.717, 1.165) is 25.7 Å². The van der Waals surface area contributed by atoms with Gasteiger partial charge in [0.05, 0.1) is 0 Å². The Kier molecular flexibility index (Phi) is 6.32. The molecule has 1 N–H and O–H groups in total. The number of rotatable bonds is 7. The second kappa shape index (κ2) is 7.51. The predicted molar refractivity (Wildman–Crippen MR) is 76.7 cm³/mol. The molecule has 2 unspecified atom stereocenters. The molecular formula is C15H28N2O2. The van der Waals surface area contributed by atoms with E-state index < -0.39 is 0 Å². The summed E-state index contributed by atoms with van der Waals surface area (Å²) in [5.74, 6) is 0.538. The largest absolute Gasteiger partial charge is 0.343 e. The summed E-state index contributed by atoms with van der Waals surface area (Å²) in [4.78, 5) is 26.4. The minimum atomic E-state index is -0.322. The maximum atomic E-state index is 12.4. The second-order valence-corrected chi connectivity index (χ2v) is 5.85. The van der Waals surface area contributed by atoms with E-state index in [1.807, 2.05) is 11.8 Å². The molecule has 2 atom stereocenters. The summed E-state index contributed by atoms with van der Waals surface area (Å²) < 4.78 is 0. The third-order valence-electron chi connectivity index (χ3n) is 3.68. The lowest BCUT2D eigenvalue weighted by atomic mass is 9.96. The second-order valence-electron chi connectivity index (χ2n) is 5.85. The number of unbranched alkanes of at least 4 members (excludes halogenated alkanes) is 2. The van der Waals surface area contributed by atoms with Gasteiger partial charge in [-0.15, -0.1) is 0 Å². The molecule has 110 valence electrons. The zero-order valence-electron chi connectivity index (χ0n) is 12.7. The van der Waals surface area contributed by atoms with Crippen LogP contribution in [0.1, 0.15) is 59.8 Å². The summed E-state index contributed by atoms with van der Waals surface area (Å²) >= 11 is 0. The van der Waals surface area contributed by atoms with E-state index in [1.54, 1.807) is 0 Å². The molecule has 0 bridgehead atoms. The summed E-state index contributed by atoms with van der Waals surface area (Å²) in [6.07, 6.45) is 4.64. The van der Waals surface area contributed by atoms with Gasteiger partial charge in [-0.1, -0.05) is 40.5 Å². The van der Waals surface area contributed by atoms with Gasteiger partial charge in [0.15, 0.2) is 0 Å². The van der Waals surface area contributed by atoms with Gasteiger partial charge < -0.3 is 10.2 Å². The van der Waals surface area contributed by atoms with E-state index in [1.165, 1.54) is 0 Å². The van der Waals surface area contributed by atoms with Gasteiger partial charge in [0.2, 0.25) is 11.8 Å². The van der Waals surface area contributed by atoms with Crippen molar-refractivity contribution in [1.29, 1.82) is 0 Å². The van der Waals surface area contributed by atoms with Crippen molar-refractivity contribution in [1.82, 2.24) is 10.2 Å². The number of carbonyl (C=O) groups is 2. The van der Waals surface area contributed by atoms with E-state index in [9.17, 15) is 9.59 Å². The van der Waals surface area contributed by atoms with Crippen molar-refractivity contribution in [2.45, 2.75) is 71.9 Å². The monoisotopic (exact) mass is 268 g/mol. The van der Waals surface area contributed by atoms with E-state index in [-0.39, 0.29) is 23.9 Å². The van der Waals surface area contributed by atoms with E-state index in [0.29, 0.717) is 18.9 Å². The fourth-order valence-electron chi connectivity index (χ4n) is 2.58. The van der Waals surface area contributed by atoms with Crippen LogP contribution in [0.4, 0.5) is 0 Å². The third kappa shape index (κ3) is 4.22. The Bertz CT molecular complexity index is 315. The number of hydrogen-bond acceptors (Lipinski definition) is 2. The van der Waals surface area contributed by atoms with Crippen molar-refractivity contribution >= 4 is 11.8 Å². The standard InChI is InChI=1S/C15H28N2O2/c1-5-7-8-9-17-13(10-11(3)4)14(18)16-12(6-2)15(17)19/h11-13H,5-10H2,1-4H3,(H,16,18). The zero-order chi connectivity index (χ0) is 14.4. The highest BCUT2D eigenvalue weighted by atomic mass is 16.2. The normalized spacial score (nSPS) is 23.9. The van der Waals surface area contributed by atoms with Crippen LogP contribution in [0.15, 0.2) is 0 Å². The minimum absolute atomic E-state index is 0.0247. The first kappa shape index (κ1) is 16.0. The molecule has 2 amide bonds. The number of amides is 2. The van der Waals surface area contributed by atoms with Crippen LogP contribution in [0.25, 0.3) is 0 Å². The molecule has 0 spiro atoms. The van der Waals surface area contributed by atoms with Crippen LogP contribution in [-0.4, -0.2) is 35.3 Å². The van der Waals surface area contributed by atoms with Gasteiger partial charge >= 0.3 is 0 Å². The molecule has 0 radical (unpaired) electrons. The lowest BCUT2D eigenvalue weighted by Gasteiger charge is -2.39. The smallest absolute Gasteiger partial charge is 0.245 e. The van der Waals surface area contributed by atoms with E-state index in [4.69, 9.17) is 0 Å². The molecular weight excluding hydrogens is 240 g/mol. The Morgan fingerprint density at radius 2 is 1.89 bits per heavy atom. The van der Waals surface area contributed by atoms with Crippen molar-refractivity contribution < 1.29 is 9.59 Å². The average molecular weight is 268 g/mol. The van der Waals surface area contributed by atoms with Crippen LogP contribution in [0.5, 0.6) is 0 Å². The van der Waals surface area contributed by atoms with Crippen LogP contribution in [-0.2, 0) is 9.59 Å². The van der Waals surface area contributed by atoms with E-state index in [2.05, 4.69) is 26.1 Å². The summed E-state index contributed by atoms with van der Waals surface area (Å²) in [6.45, 7) is 8.98. The first-order valence-electron chi connectivity index (χ1n) is 7.62. The van der Waals surface area contributed by atoms with Gasteiger partial charge in [-0.25, -0.2) is 0 Å². The van der Waals surface area contributed by atoms with Crippen LogP contribution in [0.2, 0.25) is 0 Å². The summed E-state index contributed by atoms with van der Waals surface area (Å²) in [5.41, 5.74) is 0. The summed E-state index contributed by atoms with van der Waals surface area (Å²) in [7, 11) is 0. The molecule has 1 saturated heterocycles. The van der Waals surface area contributed by atoms with Crippen LogP contribution < -0.4 is 5.32 Å². The minimum Gasteiger partial charge on any atom is -0.343 e. The number of hydrogen-bond donors (Lipinski definition) is 1. The van der Waals surface area contributed by atoms with Crippen molar-refractivity contribution in [2.24, 2.45) is 5.92 Å². The molecule has 4 heteroatoms. The van der Waals surface area contributed by atoms with Crippen molar-refractivity contribution in [3.8, 4) is 0 Å². The van der Waals surface area contributed by atoms with Crippen molar-refractivity contribution in [2.75, 3.05) is 6.54 Å². The Balaban J connectivity index is 2.78. The van der Waals surface area contributed by atoms with Crippen LogP contribution in [0, 0.1) is 5.92 Å². The molecule has 1 aliphatic heterocycles. The number of carbonyl (C=O) groups excluding carboxylic acids is 2. The molecule has 0 aromatic heterocycles. The first-order chi connectivity index (χ1) is 9.01. The quantitative estimate of drug-likeness (QED) is 0.720. The van der Waals surface area contributed by atoms with Gasteiger partial charge in [0.25, 0.3) is 0 Å². The summed E-state index contributed by atoms with van der Waals surface area (Å²) in [5, 5.41) is 2.86. The number of nitrogens with one attached hydrogen (secondary N) is 1. The lowest BCUT2D eigenvalue weighted by Crippen LogP contribution is -2.63. The Morgan fingerprint density at radius 3 is 2.42 bits per heavy atom. The first-order valence-corrected chi connectivity index (χ1v) is 7.62. The SMILES string of the molecule is CCCCCN1C(=O)C(CC)NC(=O)C1CC(C)C. The van der Waals surface area contributed by atoms with E-state index >= 15 is 0 Å². The average Bonchev–Trinajstić information content (AvgIpc) is 2.36. The molecule has 19 heavy (non-hydrogen) atoms. The van der Waals surface area contributed by atoms with Gasteiger partial charge in [0, 0.05) is 6.54 Å². The molecule has 0 saturated carbocycles. The van der Waals surface area contributed by atoms with Crippen LogP contribution in [0.3, 0.4) is 0 Å². The Morgan fingerprint density at radius 1 is 1.21 bits per heavy atom. The van der Waals surface area contributed by atoms with Gasteiger partial charge in [-0.3, -0.25) is 9.59 Å². The summed E-state index contributed by atoms with van der Waals surface area (Å²) in [6, 6.07) is -0.593. The molecule has 0 aromatic rings. The predicted octanol–water partition coefficient (Wildman–Crippen LogP) is 2.33. The Hall–Kier alpha value is -1.06. The highest BCUT2D eigenvalue weighted by molar-refractivity contribution is 5.96.